The molecule has 1 aliphatic rings. The van der Waals surface area contributed by atoms with E-state index in [1.54, 1.807) is 11.1 Å². The Balaban J connectivity index is 1.68. The summed E-state index contributed by atoms with van der Waals surface area (Å²) in [4.78, 5) is 17.9. The molecule has 0 aliphatic carbocycles. The molecule has 0 saturated heterocycles. The molecule has 4 nitrogen and oxygen atoms in total. The number of carbonyl (C=O) groups is 1. The maximum absolute atomic E-state index is 12.1. The van der Waals surface area contributed by atoms with Crippen LogP contribution >= 0.6 is 0 Å². The third-order valence-corrected chi connectivity index (χ3v) is 3.95. The van der Waals surface area contributed by atoms with Gasteiger partial charge in [0.2, 0.25) is 5.91 Å². The maximum atomic E-state index is 12.1. The van der Waals surface area contributed by atoms with Gasteiger partial charge in [0.1, 0.15) is 0 Å². The van der Waals surface area contributed by atoms with Crippen LogP contribution < -0.4 is 10.2 Å². The summed E-state index contributed by atoms with van der Waals surface area (Å²) >= 11 is 0. The molecule has 108 valence electrons. The molecular weight excluding hydrogens is 262 g/mol. The molecule has 4 heteroatoms. The normalized spacial score (nSPS) is 17.7. The van der Waals surface area contributed by atoms with E-state index in [4.69, 9.17) is 0 Å². The molecule has 1 atom stereocenters. The van der Waals surface area contributed by atoms with Crippen molar-refractivity contribution in [3.05, 3.63) is 59.9 Å². The van der Waals surface area contributed by atoms with Crippen LogP contribution in [0.2, 0.25) is 0 Å². The number of hydrogen-bond donors (Lipinski definition) is 1. The number of aromatic nitrogens is 1. The molecule has 1 amide bonds. The molecule has 2 heterocycles. The van der Waals surface area contributed by atoms with E-state index in [1.165, 1.54) is 11.1 Å². The first-order valence-corrected chi connectivity index (χ1v) is 7.23. The van der Waals surface area contributed by atoms with E-state index in [0.717, 1.165) is 18.7 Å². The fourth-order valence-corrected chi connectivity index (χ4v) is 2.76. The Morgan fingerprint density at radius 1 is 1.29 bits per heavy atom. The van der Waals surface area contributed by atoms with Gasteiger partial charge in [-0.05, 0) is 36.2 Å². The maximum Gasteiger partial charge on any atom is 0.228 e. The van der Waals surface area contributed by atoms with Gasteiger partial charge >= 0.3 is 0 Å². The fourth-order valence-electron chi connectivity index (χ4n) is 2.76. The lowest BCUT2D eigenvalue weighted by molar-refractivity contribution is -0.119. The van der Waals surface area contributed by atoms with Gasteiger partial charge in [-0.15, -0.1) is 0 Å². The number of amides is 1. The Morgan fingerprint density at radius 3 is 2.95 bits per heavy atom. The zero-order chi connectivity index (χ0) is 14.7. The molecule has 21 heavy (non-hydrogen) atoms. The van der Waals surface area contributed by atoms with Crippen molar-refractivity contribution >= 4 is 11.6 Å². The molecule has 0 bridgehead atoms. The van der Waals surface area contributed by atoms with Crippen molar-refractivity contribution in [3.8, 4) is 0 Å². The van der Waals surface area contributed by atoms with E-state index < -0.39 is 0 Å². The standard InChI is InChI=1S/C17H19N3O/c1-20-16-7-3-2-6-14(16)15(11-17(20)21)19-10-8-13-5-4-9-18-12-13/h2-7,9,12,15,19H,8,10-11H2,1H3. The van der Waals surface area contributed by atoms with E-state index >= 15 is 0 Å². The van der Waals surface area contributed by atoms with Crippen LogP contribution in [0.5, 0.6) is 0 Å². The van der Waals surface area contributed by atoms with Crippen molar-refractivity contribution in [1.82, 2.24) is 10.3 Å². The van der Waals surface area contributed by atoms with E-state index in [1.807, 2.05) is 37.5 Å². The summed E-state index contributed by atoms with van der Waals surface area (Å²) in [6.07, 6.45) is 5.09. The number of nitrogens with zero attached hydrogens (tertiary/aromatic N) is 2. The van der Waals surface area contributed by atoms with Gasteiger partial charge in [0.05, 0.1) is 0 Å². The summed E-state index contributed by atoms with van der Waals surface area (Å²) in [6, 6.07) is 12.2. The topological polar surface area (TPSA) is 45.2 Å². The first-order chi connectivity index (χ1) is 10.3. The van der Waals surface area contributed by atoms with Gasteiger partial charge in [0.25, 0.3) is 0 Å². The molecule has 1 N–H and O–H groups in total. The molecule has 1 aromatic heterocycles. The lowest BCUT2D eigenvalue weighted by Crippen LogP contribution is -2.38. The van der Waals surface area contributed by atoms with Crippen molar-refractivity contribution in [2.24, 2.45) is 0 Å². The first kappa shape index (κ1) is 13.8. The predicted octanol–water partition coefficient (Wildman–Crippen LogP) is 2.32. The zero-order valence-corrected chi connectivity index (χ0v) is 12.1. The highest BCUT2D eigenvalue weighted by molar-refractivity contribution is 5.96. The molecular formula is C17H19N3O. The van der Waals surface area contributed by atoms with Gasteiger partial charge in [-0.3, -0.25) is 9.78 Å². The summed E-state index contributed by atoms with van der Waals surface area (Å²) in [5.41, 5.74) is 3.41. The summed E-state index contributed by atoms with van der Waals surface area (Å²) in [7, 11) is 1.84. The second kappa shape index (κ2) is 6.06. The Bertz CT molecular complexity index is 627. The van der Waals surface area contributed by atoms with Crippen molar-refractivity contribution in [3.63, 3.8) is 0 Å². The minimum Gasteiger partial charge on any atom is -0.315 e. The Kier molecular flexibility index (Phi) is 3.97. The highest BCUT2D eigenvalue weighted by atomic mass is 16.2. The lowest BCUT2D eigenvalue weighted by Gasteiger charge is -2.32. The monoisotopic (exact) mass is 281 g/mol. The Labute approximate surface area is 124 Å². The lowest BCUT2D eigenvalue weighted by atomic mass is 9.96. The highest BCUT2D eigenvalue weighted by Gasteiger charge is 2.28. The summed E-state index contributed by atoms with van der Waals surface area (Å²) < 4.78 is 0. The fraction of sp³-hybridized carbons (Fsp3) is 0.294. The number of carbonyl (C=O) groups excluding carboxylic acids is 1. The van der Waals surface area contributed by atoms with Gasteiger partial charge in [0.15, 0.2) is 0 Å². The van der Waals surface area contributed by atoms with Crippen molar-refractivity contribution in [2.45, 2.75) is 18.9 Å². The number of anilines is 1. The van der Waals surface area contributed by atoms with Crippen LogP contribution in [-0.4, -0.2) is 24.5 Å². The van der Waals surface area contributed by atoms with E-state index in [9.17, 15) is 4.79 Å². The zero-order valence-electron chi connectivity index (χ0n) is 12.1. The average molecular weight is 281 g/mol. The van der Waals surface area contributed by atoms with Crippen LogP contribution in [0.15, 0.2) is 48.8 Å². The molecule has 0 saturated carbocycles. The highest BCUT2D eigenvalue weighted by Crippen LogP contribution is 2.33. The van der Waals surface area contributed by atoms with Crippen LogP contribution in [0.3, 0.4) is 0 Å². The molecule has 1 unspecified atom stereocenters. The smallest absolute Gasteiger partial charge is 0.228 e. The van der Waals surface area contributed by atoms with Gasteiger partial charge in [-0.1, -0.05) is 24.3 Å². The number of para-hydroxylation sites is 1. The molecule has 0 spiro atoms. The van der Waals surface area contributed by atoms with E-state index in [0.29, 0.717) is 6.42 Å². The molecule has 0 radical (unpaired) electrons. The van der Waals surface area contributed by atoms with Gasteiger partial charge in [0, 0.05) is 37.6 Å². The molecule has 3 rings (SSSR count). The van der Waals surface area contributed by atoms with Crippen molar-refractivity contribution in [2.75, 3.05) is 18.5 Å². The number of fused-ring (bicyclic) bond motifs is 1. The number of benzene rings is 1. The number of nitrogens with one attached hydrogen (secondary N) is 1. The van der Waals surface area contributed by atoms with Gasteiger partial charge in [-0.2, -0.15) is 0 Å². The molecule has 1 aromatic carbocycles. The summed E-state index contributed by atoms with van der Waals surface area (Å²) in [6.45, 7) is 0.835. The Hall–Kier alpha value is -2.20. The molecule has 2 aromatic rings. The SMILES string of the molecule is CN1C(=O)CC(NCCc2cccnc2)c2ccccc21. The number of pyridine rings is 1. The molecule has 0 fully saturated rings. The minimum absolute atomic E-state index is 0.0987. The first-order valence-electron chi connectivity index (χ1n) is 7.23. The van der Waals surface area contributed by atoms with E-state index in [-0.39, 0.29) is 11.9 Å². The average Bonchev–Trinajstić information content (AvgIpc) is 2.53. The summed E-state index contributed by atoms with van der Waals surface area (Å²) in [5.74, 6) is 0.160. The van der Waals surface area contributed by atoms with Gasteiger partial charge < -0.3 is 10.2 Å². The third kappa shape index (κ3) is 2.95. The second-order valence-electron chi connectivity index (χ2n) is 5.33. The number of hydrogen-bond acceptors (Lipinski definition) is 3. The second-order valence-corrected chi connectivity index (χ2v) is 5.33. The predicted molar refractivity (Wildman–Crippen MR) is 83.2 cm³/mol. The Morgan fingerprint density at radius 2 is 2.14 bits per heavy atom. The van der Waals surface area contributed by atoms with Gasteiger partial charge in [-0.25, -0.2) is 0 Å². The van der Waals surface area contributed by atoms with Crippen LogP contribution in [-0.2, 0) is 11.2 Å². The van der Waals surface area contributed by atoms with Crippen molar-refractivity contribution < 1.29 is 4.79 Å². The minimum atomic E-state index is 0.0987. The third-order valence-electron chi connectivity index (χ3n) is 3.95. The van der Waals surface area contributed by atoms with Crippen LogP contribution in [0.25, 0.3) is 0 Å². The largest absolute Gasteiger partial charge is 0.315 e. The van der Waals surface area contributed by atoms with E-state index in [2.05, 4.69) is 22.4 Å². The quantitative estimate of drug-likeness (QED) is 0.935. The van der Waals surface area contributed by atoms with Crippen LogP contribution in [0.1, 0.15) is 23.6 Å². The van der Waals surface area contributed by atoms with Crippen LogP contribution in [0, 0.1) is 0 Å². The number of rotatable bonds is 4. The molecule has 1 aliphatic heterocycles. The summed E-state index contributed by atoms with van der Waals surface area (Å²) in [5, 5.41) is 3.50. The van der Waals surface area contributed by atoms with Crippen LogP contribution in [0.4, 0.5) is 5.69 Å². The van der Waals surface area contributed by atoms with Crippen molar-refractivity contribution in [1.29, 1.82) is 0 Å².